The van der Waals surface area contributed by atoms with Gasteiger partial charge < -0.3 is 0 Å². The number of amides is 1. The molecule has 0 aliphatic heterocycles. The average Bonchev–Trinajstić information content (AvgIpc) is 3.07. The Labute approximate surface area is 169 Å². The highest BCUT2D eigenvalue weighted by Gasteiger charge is 2.19. The molecule has 148 valence electrons. The zero-order chi connectivity index (χ0) is 20.3. The lowest BCUT2D eigenvalue weighted by Gasteiger charge is -2.12. The van der Waals surface area contributed by atoms with Gasteiger partial charge in [0.15, 0.2) is 5.13 Å². The first-order chi connectivity index (χ1) is 13.3. The Morgan fingerprint density at radius 2 is 1.96 bits per heavy atom. The van der Waals surface area contributed by atoms with Gasteiger partial charge in [0.05, 0.1) is 15.1 Å². The van der Waals surface area contributed by atoms with E-state index in [0.29, 0.717) is 5.13 Å². The van der Waals surface area contributed by atoms with Gasteiger partial charge in [0.2, 0.25) is 10.0 Å². The van der Waals surface area contributed by atoms with Crippen LogP contribution in [0.5, 0.6) is 0 Å². The van der Waals surface area contributed by atoms with Gasteiger partial charge in [0, 0.05) is 19.7 Å². The Balaban J connectivity index is 1.81. The highest BCUT2D eigenvalue weighted by atomic mass is 32.2. The number of hydrogen-bond donors (Lipinski definition) is 1. The third kappa shape index (κ3) is 4.40. The van der Waals surface area contributed by atoms with Gasteiger partial charge >= 0.3 is 0 Å². The number of sulfonamides is 1. The van der Waals surface area contributed by atoms with Gasteiger partial charge in [0.25, 0.3) is 5.91 Å². The number of rotatable bonds is 7. The van der Waals surface area contributed by atoms with Crippen molar-refractivity contribution in [3.8, 4) is 0 Å². The minimum Gasteiger partial charge on any atom is -0.298 e. The summed E-state index contributed by atoms with van der Waals surface area (Å²) in [5, 5.41) is 3.27. The van der Waals surface area contributed by atoms with Crippen LogP contribution in [0.25, 0.3) is 10.2 Å². The molecule has 0 radical (unpaired) electrons. The maximum Gasteiger partial charge on any atom is 0.257 e. The number of nitrogens with zero attached hydrogens (tertiary/aromatic N) is 2. The first-order valence-corrected chi connectivity index (χ1v) is 11.3. The van der Waals surface area contributed by atoms with Gasteiger partial charge in [-0.25, -0.2) is 17.7 Å². The third-order valence-electron chi connectivity index (χ3n) is 4.37. The first-order valence-electron chi connectivity index (χ1n) is 9.04. The summed E-state index contributed by atoms with van der Waals surface area (Å²) in [5.74, 6) is -0.388. The van der Waals surface area contributed by atoms with Crippen molar-refractivity contribution in [3.63, 3.8) is 0 Å². The number of benzene rings is 2. The summed E-state index contributed by atoms with van der Waals surface area (Å²) in [5.41, 5.74) is 2.37. The summed E-state index contributed by atoms with van der Waals surface area (Å²) in [6, 6.07) is 12.1. The summed E-state index contributed by atoms with van der Waals surface area (Å²) in [4.78, 5) is 17.1. The topological polar surface area (TPSA) is 79.4 Å². The molecule has 8 heteroatoms. The van der Waals surface area contributed by atoms with Crippen molar-refractivity contribution in [1.29, 1.82) is 0 Å². The van der Waals surface area contributed by atoms with Gasteiger partial charge in [-0.2, -0.15) is 0 Å². The number of hydrogen-bond acceptors (Lipinski definition) is 5. The minimum absolute atomic E-state index is 0.0787. The number of aromatic nitrogens is 1. The highest BCUT2D eigenvalue weighted by molar-refractivity contribution is 7.89. The molecule has 0 unspecified atom stereocenters. The molecule has 0 saturated heterocycles. The molecular weight excluding hydrogens is 394 g/mol. The fourth-order valence-corrected chi connectivity index (χ4v) is 4.61. The second-order valence-corrected chi connectivity index (χ2v) is 9.88. The molecule has 0 bridgehead atoms. The maximum atomic E-state index is 12.6. The Hall–Kier alpha value is -2.29. The smallest absolute Gasteiger partial charge is 0.257 e. The second kappa shape index (κ2) is 8.38. The number of unbranched alkanes of at least 4 members (excludes halogenated alkanes) is 1. The number of thiazole rings is 1. The van der Waals surface area contributed by atoms with Crippen molar-refractivity contribution in [2.75, 3.05) is 19.4 Å². The molecule has 1 heterocycles. The predicted octanol–water partition coefficient (Wildman–Crippen LogP) is 4.14. The van der Waals surface area contributed by atoms with Gasteiger partial charge in [-0.1, -0.05) is 36.8 Å². The van der Waals surface area contributed by atoms with Crippen molar-refractivity contribution >= 4 is 42.6 Å². The molecule has 0 spiro atoms. The van der Waals surface area contributed by atoms with E-state index in [4.69, 9.17) is 0 Å². The van der Waals surface area contributed by atoms with Crippen LogP contribution < -0.4 is 5.32 Å². The maximum absolute atomic E-state index is 12.6. The lowest BCUT2D eigenvalue weighted by molar-refractivity contribution is 0.102. The number of carbonyl (C=O) groups is 1. The van der Waals surface area contributed by atoms with Crippen LogP contribution in [-0.4, -0.2) is 37.7 Å². The molecule has 3 rings (SSSR count). The van der Waals surface area contributed by atoms with Gasteiger partial charge in [0.1, 0.15) is 0 Å². The standard InChI is InChI=1S/C20H23N3O3S2/c1-4-5-7-14-10-11-17-18(12-14)27-20(21-17)22-19(24)15-8-6-9-16(13-15)28(25,26)23(2)3/h6,8-13H,4-5,7H2,1-3H3,(H,21,22,24). The molecule has 1 amide bonds. The van der Waals surface area contributed by atoms with E-state index < -0.39 is 10.0 Å². The third-order valence-corrected chi connectivity index (χ3v) is 7.11. The molecule has 0 atom stereocenters. The molecule has 1 N–H and O–H groups in total. The summed E-state index contributed by atoms with van der Waals surface area (Å²) in [6.07, 6.45) is 3.31. The summed E-state index contributed by atoms with van der Waals surface area (Å²) < 4.78 is 26.7. The number of anilines is 1. The molecule has 0 saturated carbocycles. The van der Waals surface area contributed by atoms with Crippen LogP contribution >= 0.6 is 11.3 Å². The zero-order valence-corrected chi connectivity index (χ0v) is 17.7. The molecule has 1 aromatic heterocycles. The highest BCUT2D eigenvalue weighted by Crippen LogP contribution is 2.28. The first kappa shape index (κ1) is 20.4. The van der Waals surface area contributed by atoms with Gasteiger partial charge in [-0.15, -0.1) is 0 Å². The quantitative estimate of drug-likeness (QED) is 0.626. The number of carbonyl (C=O) groups excluding carboxylic acids is 1. The Kier molecular flexibility index (Phi) is 6.12. The van der Waals surface area contributed by atoms with Crippen molar-refractivity contribution in [2.24, 2.45) is 0 Å². The van der Waals surface area contributed by atoms with Gasteiger partial charge in [-0.05, 0) is 48.7 Å². The van der Waals surface area contributed by atoms with Crippen LogP contribution in [0.1, 0.15) is 35.7 Å². The lowest BCUT2D eigenvalue weighted by atomic mass is 10.1. The van der Waals surface area contributed by atoms with Crippen molar-refractivity contribution in [3.05, 3.63) is 53.6 Å². The SMILES string of the molecule is CCCCc1ccc2nc(NC(=O)c3cccc(S(=O)(=O)N(C)C)c3)sc2c1. The molecular formula is C20H23N3O3S2. The normalized spacial score (nSPS) is 11.9. The molecule has 28 heavy (non-hydrogen) atoms. The predicted molar refractivity (Wildman–Crippen MR) is 114 cm³/mol. The van der Waals surface area contributed by atoms with E-state index >= 15 is 0 Å². The van der Waals surface area contributed by atoms with E-state index in [1.54, 1.807) is 12.1 Å². The van der Waals surface area contributed by atoms with E-state index in [9.17, 15) is 13.2 Å². The van der Waals surface area contributed by atoms with Crippen LogP contribution in [0.15, 0.2) is 47.4 Å². The Morgan fingerprint density at radius 1 is 1.18 bits per heavy atom. The summed E-state index contributed by atoms with van der Waals surface area (Å²) in [7, 11) is -0.686. The summed E-state index contributed by atoms with van der Waals surface area (Å²) >= 11 is 1.41. The van der Waals surface area contributed by atoms with Crippen LogP contribution in [0, 0.1) is 0 Å². The number of fused-ring (bicyclic) bond motifs is 1. The van der Waals surface area contributed by atoms with Crippen molar-refractivity contribution < 1.29 is 13.2 Å². The van der Waals surface area contributed by atoms with Crippen LogP contribution in [0.2, 0.25) is 0 Å². The average molecular weight is 418 g/mol. The molecule has 3 aromatic rings. The van der Waals surface area contributed by atoms with Crippen molar-refractivity contribution in [2.45, 2.75) is 31.1 Å². The lowest BCUT2D eigenvalue weighted by Crippen LogP contribution is -2.22. The van der Waals surface area contributed by atoms with E-state index in [0.717, 1.165) is 33.8 Å². The van der Waals surface area contributed by atoms with Gasteiger partial charge in [-0.3, -0.25) is 10.1 Å². The summed E-state index contributed by atoms with van der Waals surface area (Å²) in [6.45, 7) is 2.16. The molecule has 6 nitrogen and oxygen atoms in total. The molecule has 0 aliphatic rings. The van der Waals surface area contributed by atoms with Crippen molar-refractivity contribution in [1.82, 2.24) is 9.29 Å². The number of aryl methyl sites for hydroxylation is 1. The Bertz CT molecular complexity index is 1100. The van der Waals surface area contributed by atoms with E-state index in [-0.39, 0.29) is 16.4 Å². The zero-order valence-electron chi connectivity index (χ0n) is 16.1. The molecule has 0 aliphatic carbocycles. The number of nitrogens with one attached hydrogen (secondary N) is 1. The van der Waals surface area contributed by atoms with Crippen LogP contribution in [0.4, 0.5) is 5.13 Å². The van der Waals surface area contributed by atoms with E-state index in [2.05, 4.69) is 29.4 Å². The van der Waals surface area contributed by atoms with Crippen LogP contribution in [0.3, 0.4) is 0 Å². The molecule has 0 fully saturated rings. The minimum atomic E-state index is -3.60. The second-order valence-electron chi connectivity index (χ2n) is 6.69. The fourth-order valence-electron chi connectivity index (χ4n) is 2.74. The Morgan fingerprint density at radius 3 is 2.68 bits per heavy atom. The van der Waals surface area contributed by atoms with Crippen LogP contribution in [-0.2, 0) is 16.4 Å². The largest absolute Gasteiger partial charge is 0.298 e. The molecule has 2 aromatic carbocycles. The fraction of sp³-hybridized carbons (Fsp3) is 0.300. The monoisotopic (exact) mass is 417 g/mol. The van der Waals surface area contributed by atoms with E-state index in [1.807, 2.05) is 6.07 Å². The van der Waals surface area contributed by atoms with E-state index in [1.165, 1.54) is 43.1 Å².